The van der Waals surface area contributed by atoms with Crippen molar-refractivity contribution in [3.8, 4) is 0 Å². The van der Waals surface area contributed by atoms with Crippen LogP contribution in [0.1, 0.15) is 105 Å². The summed E-state index contributed by atoms with van der Waals surface area (Å²) in [5.74, 6) is 1.05. The van der Waals surface area contributed by atoms with Gasteiger partial charge in [-0.1, -0.05) is 79.1 Å². The van der Waals surface area contributed by atoms with E-state index in [9.17, 15) is 0 Å². The molecule has 0 aliphatic rings. The highest BCUT2D eigenvalue weighted by Gasteiger charge is 2.11. The third-order valence-electron chi connectivity index (χ3n) is 4.38. The molecule has 0 heterocycles. The summed E-state index contributed by atoms with van der Waals surface area (Å²) in [6.07, 6.45) is 15.2. The summed E-state index contributed by atoms with van der Waals surface area (Å²) in [5, 5.41) is 4.89. The van der Waals surface area contributed by atoms with Crippen LogP contribution < -0.4 is 5.32 Å². The predicted octanol–water partition coefficient (Wildman–Crippen LogP) is 6.01. The average molecular weight is 339 g/mol. The molecule has 3 nitrogen and oxygen atoms in total. The summed E-state index contributed by atoms with van der Waals surface area (Å²) in [6.45, 7) is 13.2. The first-order chi connectivity index (χ1) is 11.8. The first kappa shape index (κ1) is 23.3. The largest absolute Gasteiger partial charge is 0.341 e. The van der Waals surface area contributed by atoms with Crippen LogP contribution in [0.25, 0.3) is 0 Å². The lowest BCUT2D eigenvalue weighted by Gasteiger charge is -2.26. The van der Waals surface area contributed by atoms with Crippen molar-refractivity contribution >= 4 is 5.96 Å². The van der Waals surface area contributed by atoms with Gasteiger partial charge in [-0.2, -0.15) is 0 Å². The minimum absolute atomic E-state index is 0.943. The Labute approximate surface area is 152 Å². The van der Waals surface area contributed by atoms with Gasteiger partial charge in [-0.05, 0) is 25.7 Å². The third kappa shape index (κ3) is 13.7. The lowest BCUT2D eigenvalue weighted by atomic mass is 10.2. The van der Waals surface area contributed by atoms with Crippen molar-refractivity contribution in [3.05, 3.63) is 0 Å². The summed E-state index contributed by atoms with van der Waals surface area (Å²) in [6, 6.07) is 0. The smallest absolute Gasteiger partial charge is 0.215 e. The zero-order valence-corrected chi connectivity index (χ0v) is 17.2. The molecule has 0 fully saturated rings. The number of unbranched alkanes of at least 4 members (excludes halogenated alkanes) is 8. The number of guanidine groups is 1. The van der Waals surface area contributed by atoms with Gasteiger partial charge in [-0.15, -0.1) is 0 Å². The van der Waals surface area contributed by atoms with Crippen molar-refractivity contribution in [1.82, 2.24) is 10.2 Å². The van der Waals surface area contributed by atoms with Crippen molar-refractivity contribution in [2.45, 2.75) is 105 Å². The number of nitrogens with zero attached hydrogens (tertiary/aromatic N) is 3. The summed E-state index contributed by atoms with van der Waals surface area (Å²) in [4.78, 5) is 7.37. The lowest BCUT2D eigenvalue weighted by Crippen LogP contribution is -2.39. The molecule has 0 saturated carbocycles. The fraction of sp³-hybridized carbons (Fsp3) is 0.952. The van der Waals surface area contributed by atoms with Gasteiger partial charge in [0.15, 0.2) is 0 Å². The number of hydrogen-bond donors (Lipinski definition) is 0. The van der Waals surface area contributed by atoms with Gasteiger partial charge in [-0.25, -0.2) is 0 Å². The summed E-state index contributed by atoms with van der Waals surface area (Å²) in [5.41, 5.74) is 0. The Balaban J connectivity index is 4.63. The van der Waals surface area contributed by atoms with E-state index in [-0.39, 0.29) is 0 Å². The SMILES string of the molecule is CCCCC[N]C(=NCCCCC)N(CCCCC)CCCCC. The van der Waals surface area contributed by atoms with Crippen LogP contribution in [-0.2, 0) is 0 Å². The van der Waals surface area contributed by atoms with Crippen LogP contribution in [0, 0.1) is 0 Å². The van der Waals surface area contributed by atoms with Crippen LogP contribution in [-0.4, -0.2) is 37.0 Å². The molecule has 0 aromatic rings. The molecule has 0 aliphatic carbocycles. The van der Waals surface area contributed by atoms with Crippen molar-refractivity contribution in [2.24, 2.45) is 4.99 Å². The molecule has 0 saturated heterocycles. The Hall–Kier alpha value is -0.730. The first-order valence-electron chi connectivity index (χ1n) is 10.8. The molecular weight excluding hydrogens is 294 g/mol. The second kappa shape index (κ2) is 18.6. The molecule has 0 N–H and O–H groups in total. The van der Waals surface area contributed by atoms with Crippen LogP contribution in [0.15, 0.2) is 4.99 Å². The maximum atomic E-state index is 4.89. The minimum atomic E-state index is 0.943. The van der Waals surface area contributed by atoms with Gasteiger partial charge in [-0.3, -0.25) is 10.3 Å². The molecular formula is C21H44N3. The number of aliphatic imine (C=N–C) groups is 1. The normalized spacial score (nSPS) is 11.8. The number of rotatable bonds is 16. The standard InChI is InChI=1S/C21H44N3/c1-5-9-13-17-22-21(23-18-14-10-6-2)24(19-15-11-7-3)20-16-12-8-4/h5-20H2,1-4H3. The van der Waals surface area contributed by atoms with Crippen molar-refractivity contribution < 1.29 is 0 Å². The van der Waals surface area contributed by atoms with Crippen LogP contribution in [0.2, 0.25) is 0 Å². The molecule has 1 radical (unpaired) electrons. The van der Waals surface area contributed by atoms with Crippen LogP contribution >= 0.6 is 0 Å². The highest BCUT2D eigenvalue weighted by Crippen LogP contribution is 2.05. The Bertz CT molecular complexity index is 266. The Morgan fingerprint density at radius 1 is 0.583 bits per heavy atom. The van der Waals surface area contributed by atoms with Crippen LogP contribution in [0.3, 0.4) is 0 Å². The second-order valence-corrected chi connectivity index (χ2v) is 6.88. The minimum Gasteiger partial charge on any atom is -0.341 e. The van der Waals surface area contributed by atoms with E-state index in [1.807, 2.05) is 0 Å². The first-order valence-corrected chi connectivity index (χ1v) is 10.8. The molecule has 3 heteroatoms. The molecule has 0 bridgehead atoms. The summed E-state index contributed by atoms with van der Waals surface area (Å²) < 4.78 is 0. The fourth-order valence-electron chi connectivity index (χ4n) is 2.75. The lowest BCUT2D eigenvalue weighted by molar-refractivity contribution is 0.374. The maximum absolute atomic E-state index is 4.89. The van der Waals surface area contributed by atoms with E-state index in [2.05, 4.69) is 32.6 Å². The molecule has 0 unspecified atom stereocenters. The van der Waals surface area contributed by atoms with Crippen molar-refractivity contribution in [3.63, 3.8) is 0 Å². The van der Waals surface area contributed by atoms with E-state index in [4.69, 9.17) is 10.3 Å². The zero-order valence-electron chi connectivity index (χ0n) is 17.2. The molecule has 0 aromatic heterocycles. The summed E-state index contributed by atoms with van der Waals surface area (Å²) in [7, 11) is 0. The van der Waals surface area contributed by atoms with Gasteiger partial charge in [0.1, 0.15) is 0 Å². The van der Waals surface area contributed by atoms with Crippen molar-refractivity contribution in [1.29, 1.82) is 0 Å². The van der Waals surface area contributed by atoms with Crippen LogP contribution in [0.5, 0.6) is 0 Å². The van der Waals surface area contributed by atoms with Gasteiger partial charge in [0, 0.05) is 26.2 Å². The predicted molar refractivity (Wildman–Crippen MR) is 109 cm³/mol. The van der Waals surface area contributed by atoms with Gasteiger partial charge in [0.2, 0.25) is 5.96 Å². The molecule has 0 spiro atoms. The van der Waals surface area contributed by atoms with E-state index in [1.54, 1.807) is 0 Å². The zero-order chi connectivity index (χ0) is 17.9. The Kier molecular flexibility index (Phi) is 18.0. The molecule has 0 rings (SSSR count). The van der Waals surface area contributed by atoms with Crippen LogP contribution in [0.4, 0.5) is 0 Å². The maximum Gasteiger partial charge on any atom is 0.215 e. The highest BCUT2D eigenvalue weighted by atomic mass is 15.3. The van der Waals surface area contributed by atoms with Gasteiger partial charge >= 0.3 is 0 Å². The van der Waals surface area contributed by atoms with Gasteiger partial charge in [0.05, 0.1) is 0 Å². The molecule has 24 heavy (non-hydrogen) atoms. The van der Waals surface area contributed by atoms with E-state index in [0.717, 1.165) is 32.1 Å². The second-order valence-electron chi connectivity index (χ2n) is 6.88. The summed E-state index contributed by atoms with van der Waals surface area (Å²) >= 11 is 0. The molecule has 143 valence electrons. The van der Waals surface area contributed by atoms with Crippen molar-refractivity contribution in [2.75, 3.05) is 26.2 Å². The molecule has 0 amide bonds. The van der Waals surface area contributed by atoms with E-state index < -0.39 is 0 Å². The fourth-order valence-corrected chi connectivity index (χ4v) is 2.75. The molecule has 0 aromatic carbocycles. The Morgan fingerprint density at radius 2 is 1.04 bits per heavy atom. The third-order valence-corrected chi connectivity index (χ3v) is 4.38. The molecule has 0 aliphatic heterocycles. The quantitative estimate of drug-likeness (QED) is 0.192. The van der Waals surface area contributed by atoms with E-state index in [1.165, 1.54) is 77.0 Å². The Morgan fingerprint density at radius 3 is 1.54 bits per heavy atom. The average Bonchev–Trinajstić information content (AvgIpc) is 2.59. The van der Waals surface area contributed by atoms with E-state index in [0.29, 0.717) is 0 Å². The topological polar surface area (TPSA) is 29.7 Å². The van der Waals surface area contributed by atoms with Gasteiger partial charge < -0.3 is 4.90 Å². The van der Waals surface area contributed by atoms with Gasteiger partial charge in [0.25, 0.3) is 0 Å². The highest BCUT2D eigenvalue weighted by molar-refractivity contribution is 5.79. The van der Waals surface area contributed by atoms with E-state index >= 15 is 0 Å². The number of hydrogen-bond acceptors (Lipinski definition) is 1. The molecule has 0 atom stereocenters. The monoisotopic (exact) mass is 338 g/mol.